The van der Waals surface area contributed by atoms with Crippen LogP contribution in [0.15, 0.2) is 9.32 Å². The van der Waals surface area contributed by atoms with Crippen LogP contribution in [-0.4, -0.2) is 10.1 Å². The fraction of sp³-hybridized carbons (Fsp3) is 0.750. The first-order valence-electron chi connectivity index (χ1n) is 4.35. The fourth-order valence-corrected chi connectivity index (χ4v) is 2.00. The lowest BCUT2D eigenvalue weighted by Crippen LogP contribution is -2.05. The van der Waals surface area contributed by atoms with Gasteiger partial charge in [0.15, 0.2) is 5.82 Å². The Morgan fingerprint density at radius 1 is 1.25 bits per heavy atom. The van der Waals surface area contributed by atoms with Gasteiger partial charge < -0.3 is 4.52 Å². The van der Waals surface area contributed by atoms with E-state index >= 15 is 0 Å². The fourth-order valence-electron chi connectivity index (χ4n) is 1.74. The van der Waals surface area contributed by atoms with Crippen molar-refractivity contribution in [3.05, 3.63) is 10.6 Å². The number of aromatic nitrogens is 2. The summed E-state index contributed by atoms with van der Waals surface area (Å²) in [5, 5.41) is 3.91. The van der Waals surface area contributed by atoms with Crippen LogP contribution in [-0.2, 0) is 0 Å². The quantitative estimate of drug-likeness (QED) is 0.745. The van der Waals surface area contributed by atoms with Gasteiger partial charge in [-0.1, -0.05) is 24.4 Å². The average molecular weight is 231 g/mol. The molecule has 1 aliphatic rings. The molecular weight excluding hydrogens is 220 g/mol. The number of halogens is 1. The number of hydrogen-bond acceptors (Lipinski definition) is 3. The van der Waals surface area contributed by atoms with Gasteiger partial charge in [0.2, 0.25) is 0 Å². The van der Waals surface area contributed by atoms with Crippen LogP contribution in [0.2, 0.25) is 0 Å². The van der Waals surface area contributed by atoms with Gasteiger partial charge in [0, 0.05) is 21.8 Å². The normalized spacial score (nSPS) is 19.8. The van der Waals surface area contributed by atoms with E-state index in [1.165, 1.54) is 32.1 Å². The van der Waals surface area contributed by atoms with E-state index in [9.17, 15) is 0 Å². The van der Waals surface area contributed by atoms with Crippen molar-refractivity contribution in [1.82, 2.24) is 10.1 Å². The molecule has 1 aromatic rings. The van der Waals surface area contributed by atoms with Crippen molar-refractivity contribution in [3.63, 3.8) is 0 Å². The van der Waals surface area contributed by atoms with Crippen molar-refractivity contribution in [2.75, 3.05) is 0 Å². The van der Waals surface area contributed by atoms with E-state index in [1.54, 1.807) is 0 Å². The van der Waals surface area contributed by atoms with Gasteiger partial charge in [-0.25, -0.2) is 0 Å². The molecule has 0 unspecified atom stereocenters. The lowest BCUT2D eigenvalue weighted by atomic mass is 9.89. The maximum absolute atomic E-state index is 4.87. The zero-order chi connectivity index (χ0) is 8.39. The van der Waals surface area contributed by atoms with E-state index in [1.807, 2.05) is 0 Å². The van der Waals surface area contributed by atoms with Crippen molar-refractivity contribution >= 4 is 15.9 Å². The highest BCUT2D eigenvalue weighted by molar-refractivity contribution is 9.10. The minimum atomic E-state index is 0.503. The first kappa shape index (κ1) is 8.23. The third-order valence-corrected chi connectivity index (χ3v) is 2.71. The van der Waals surface area contributed by atoms with Gasteiger partial charge in [0.25, 0.3) is 4.80 Å². The molecule has 0 N–H and O–H groups in total. The van der Waals surface area contributed by atoms with E-state index in [4.69, 9.17) is 4.52 Å². The van der Waals surface area contributed by atoms with Crippen LogP contribution in [0.1, 0.15) is 43.8 Å². The molecule has 1 saturated carbocycles. The molecule has 1 fully saturated rings. The SMILES string of the molecule is Brc1nc(C2CCCCC2)no1. The van der Waals surface area contributed by atoms with E-state index < -0.39 is 0 Å². The van der Waals surface area contributed by atoms with Gasteiger partial charge in [-0.15, -0.1) is 0 Å². The molecule has 0 aromatic carbocycles. The molecule has 0 aliphatic heterocycles. The zero-order valence-corrected chi connectivity index (χ0v) is 8.38. The monoisotopic (exact) mass is 230 g/mol. The Hall–Kier alpha value is -0.380. The Morgan fingerprint density at radius 2 is 2.00 bits per heavy atom. The first-order valence-corrected chi connectivity index (χ1v) is 5.14. The van der Waals surface area contributed by atoms with Gasteiger partial charge in [0.1, 0.15) is 0 Å². The van der Waals surface area contributed by atoms with Gasteiger partial charge >= 0.3 is 0 Å². The summed E-state index contributed by atoms with van der Waals surface area (Å²) in [6.45, 7) is 0. The number of hydrogen-bond donors (Lipinski definition) is 0. The molecule has 0 saturated heterocycles. The van der Waals surface area contributed by atoms with Gasteiger partial charge in [-0.3, -0.25) is 0 Å². The highest BCUT2D eigenvalue weighted by atomic mass is 79.9. The summed E-state index contributed by atoms with van der Waals surface area (Å²) in [6, 6.07) is 0. The van der Waals surface area contributed by atoms with E-state index in [0.717, 1.165) is 5.82 Å². The van der Waals surface area contributed by atoms with E-state index in [0.29, 0.717) is 10.7 Å². The first-order chi connectivity index (χ1) is 5.86. The third kappa shape index (κ3) is 1.68. The van der Waals surface area contributed by atoms with Crippen molar-refractivity contribution in [2.24, 2.45) is 0 Å². The van der Waals surface area contributed by atoms with Crippen LogP contribution in [0.4, 0.5) is 0 Å². The Bertz CT molecular complexity index is 255. The van der Waals surface area contributed by atoms with Gasteiger partial charge in [-0.05, 0) is 12.8 Å². The van der Waals surface area contributed by atoms with Crippen molar-refractivity contribution in [2.45, 2.75) is 38.0 Å². The van der Waals surface area contributed by atoms with Crippen LogP contribution in [0.5, 0.6) is 0 Å². The Kier molecular flexibility index (Phi) is 2.44. The number of nitrogens with zero attached hydrogens (tertiary/aromatic N) is 2. The molecular formula is C8H11BrN2O. The molecule has 0 spiro atoms. The van der Waals surface area contributed by atoms with Crippen LogP contribution < -0.4 is 0 Å². The Balaban J connectivity index is 2.08. The summed E-state index contributed by atoms with van der Waals surface area (Å²) >= 11 is 3.16. The molecule has 0 atom stereocenters. The largest absolute Gasteiger partial charge is 0.327 e. The van der Waals surface area contributed by atoms with Crippen LogP contribution in [0, 0.1) is 0 Å². The molecule has 1 aromatic heterocycles. The highest BCUT2D eigenvalue weighted by Crippen LogP contribution is 2.31. The summed E-state index contributed by atoms with van der Waals surface area (Å²) < 4.78 is 4.87. The van der Waals surface area contributed by atoms with Crippen molar-refractivity contribution in [1.29, 1.82) is 0 Å². The summed E-state index contributed by atoms with van der Waals surface area (Å²) in [7, 11) is 0. The van der Waals surface area contributed by atoms with Crippen LogP contribution in [0.25, 0.3) is 0 Å². The van der Waals surface area contributed by atoms with Gasteiger partial charge in [-0.2, -0.15) is 4.98 Å². The van der Waals surface area contributed by atoms with Gasteiger partial charge in [0.05, 0.1) is 0 Å². The molecule has 0 radical (unpaired) electrons. The molecule has 2 rings (SSSR count). The summed E-state index contributed by atoms with van der Waals surface area (Å²) in [6.07, 6.45) is 6.39. The lowest BCUT2D eigenvalue weighted by molar-refractivity contribution is 0.368. The molecule has 1 aliphatic carbocycles. The summed E-state index contributed by atoms with van der Waals surface area (Å²) in [4.78, 5) is 4.68. The van der Waals surface area contributed by atoms with Crippen molar-refractivity contribution in [3.8, 4) is 0 Å². The predicted molar refractivity (Wildman–Crippen MR) is 47.8 cm³/mol. The second kappa shape index (κ2) is 3.56. The molecule has 0 bridgehead atoms. The molecule has 66 valence electrons. The maximum Gasteiger partial charge on any atom is 0.293 e. The second-order valence-corrected chi connectivity index (χ2v) is 3.92. The highest BCUT2D eigenvalue weighted by Gasteiger charge is 2.19. The molecule has 4 heteroatoms. The minimum Gasteiger partial charge on any atom is -0.327 e. The van der Waals surface area contributed by atoms with Crippen LogP contribution in [0.3, 0.4) is 0 Å². The van der Waals surface area contributed by atoms with Crippen molar-refractivity contribution < 1.29 is 4.52 Å². The second-order valence-electron chi connectivity index (χ2n) is 3.24. The molecule has 3 nitrogen and oxygen atoms in total. The smallest absolute Gasteiger partial charge is 0.293 e. The lowest BCUT2D eigenvalue weighted by Gasteiger charge is -2.17. The Labute approximate surface area is 79.7 Å². The Morgan fingerprint density at radius 3 is 2.58 bits per heavy atom. The predicted octanol–water partition coefficient (Wildman–Crippen LogP) is 2.88. The molecule has 1 heterocycles. The van der Waals surface area contributed by atoms with Crippen LogP contribution >= 0.6 is 15.9 Å². The summed E-state index contributed by atoms with van der Waals surface area (Å²) in [5.41, 5.74) is 0. The molecule has 12 heavy (non-hydrogen) atoms. The molecule has 0 amide bonds. The maximum atomic E-state index is 4.87. The van der Waals surface area contributed by atoms with E-state index in [2.05, 4.69) is 26.1 Å². The standard InChI is InChI=1S/C8H11BrN2O/c9-8-10-7(11-12-8)6-4-2-1-3-5-6/h6H,1-5H2. The average Bonchev–Trinajstić information content (AvgIpc) is 2.54. The summed E-state index contributed by atoms with van der Waals surface area (Å²) in [5.74, 6) is 1.41. The van der Waals surface area contributed by atoms with E-state index in [-0.39, 0.29) is 0 Å². The number of rotatable bonds is 1. The third-order valence-electron chi connectivity index (χ3n) is 2.39. The minimum absolute atomic E-state index is 0.503. The zero-order valence-electron chi connectivity index (χ0n) is 6.79. The topological polar surface area (TPSA) is 38.9 Å².